The first-order chi connectivity index (χ1) is 9.29. The lowest BCUT2D eigenvalue weighted by molar-refractivity contribution is 0.599. The van der Waals surface area contributed by atoms with Crippen LogP contribution >= 0.6 is 27.5 Å². The molecule has 4 nitrogen and oxygen atoms in total. The Bertz CT molecular complexity index is 768. The first kappa shape index (κ1) is 15.1. The second-order valence-electron chi connectivity index (χ2n) is 3.92. The van der Waals surface area contributed by atoms with E-state index in [2.05, 4.69) is 20.7 Å². The van der Waals surface area contributed by atoms with Crippen LogP contribution in [0.25, 0.3) is 0 Å². The Hall–Kier alpha value is -1.31. The van der Waals surface area contributed by atoms with E-state index in [1.54, 1.807) is 12.1 Å². The molecule has 2 aromatic carbocycles. The van der Waals surface area contributed by atoms with Crippen molar-refractivity contribution >= 4 is 48.9 Å². The highest BCUT2D eigenvalue weighted by Gasteiger charge is 2.20. The summed E-state index contributed by atoms with van der Waals surface area (Å²) < 4.78 is 40.0. The van der Waals surface area contributed by atoms with Gasteiger partial charge in [-0.1, -0.05) is 17.7 Å². The molecule has 0 radical (unpaired) electrons. The lowest BCUT2D eigenvalue weighted by Gasteiger charge is -2.11. The van der Waals surface area contributed by atoms with Gasteiger partial charge in [0, 0.05) is 5.02 Å². The Morgan fingerprint density at radius 3 is 2.60 bits per heavy atom. The van der Waals surface area contributed by atoms with E-state index in [1.807, 2.05) is 0 Å². The molecular weight excluding hydrogens is 371 g/mol. The van der Waals surface area contributed by atoms with Crippen LogP contribution in [-0.4, -0.2) is 8.42 Å². The summed E-state index contributed by atoms with van der Waals surface area (Å²) in [6.07, 6.45) is 0. The quantitative estimate of drug-likeness (QED) is 0.800. The number of rotatable bonds is 3. The van der Waals surface area contributed by atoms with E-state index in [1.165, 1.54) is 12.1 Å². The van der Waals surface area contributed by atoms with Crippen LogP contribution in [0, 0.1) is 5.82 Å². The lowest BCUT2D eigenvalue weighted by Crippen LogP contribution is -2.15. The first-order valence-corrected chi connectivity index (χ1v) is 7.98. The normalized spacial score (nSPS) is 11.3. The molecule has 0 atom stereocenters. The fourth-order valence-electron chi connectivity index (χ4n) is 1.54. The number of nitrogens with one attached hydrogen (secondary N) is 1. The Morgan fingerprint density at radius 1 is 1.25 bits per heavy atom. The van der Waals surface area contributed by atoms with Gasteiger partial charge in [0.25, 0.3) is 10.0 Å². The molecule has 0 saturated heterocycles. The average Bonchev–Trinajstić information content (AvgIpc) is 2.33. The zero-order valence-electron chi connectivity index (χ0n) is 9.90. The minimum absolute atomic E-state index is 0.0122. The second-order valence-corrected chi connectivity index (χ2v) is 6.86. The molecule has 0 aliphatic carbocycles. The minimum Gasteiger partial charge on any atom is -0.398 e. The first-order valence-electron chi connectivity index (χ1n) is 5.32. The number of hydrogen-bond donors (Lipinski definition) is 2. The minimum atomic E-state index is -3.93. The Labute approximate surface area is 128 Å². The molecule has 3 N–H and O–H groups in total. The predicted molar refractivity (Wildman–Crippen MR) is 80.8 cm³/mol. The van der Waals surface area contributed by atoms with E-state index in [9.17, 15) is 12.8 Å². The number of hydrogen-bond acceptors (Lipinski definition) is 3. The summed E-state index contributed by atoms with van der Waals surface area (Å²) in [6, 6.07) is 8.26. The third-order valence-electron chi connectivity index (χ3n) is 2.42. The number of nitrogen functional groups attached to an aromatic ring is 1. The summed E-state index contributed by atoms with van der Waals surface area (Å²) in [5.41, 5.74) is 5.66. The van der Waals surface area contributed by atoms with Gasteiger partial charge in [0.1, 0.15) is 10.7 Å². The molecule has 0 heterocycles. The van der Waals surface area contributed by atoms with Crippen molar-refractivity contribution in [3.8, 4) is 0 Å². The third-order valence-corrected chi connectivity index (χ3v) is 4.70. The van der Waals surface area contributed by atoms with Crippen LogP contribution in [0.4, 0.5) is 15.8 Å². The standard InChI is InChI=1S/C12H9BrClFN2O2S/c13-9-5-12(11(16)6-10(9)15)20(18,19)17-8-3-1-2-7(14)4-8/h1-6,17H,16H2. The molecule has 0 aliphatic heterocycles. The van der Waals surface area contributed by atoms with Gasteiger partial charge in [-0.25, -0.2) is 12.8 Å². The topological polar surface area (TPSA) is 72.2 Å². The van der Waals surface area contributed by atoms with Crippen LogP contribution in [0.3, 0.4) is 0 Å². The van der Waals surface area contributed by atoms with Gasteiger partial charge in [-0.05, 0) is 46.3 Å². The highest BCUT2D eigenvalue weighted by molar-refractivity contribution is 9.10. The van der Waals surface area contributed by atoms with Gasteiger partial charge < -0.3 is 5.73 Å². The number of nitrogens with two attached hydrogens (primary N) is 1. The molecule has 0 saturated carbocycles. The van der Waals surface area contributed by atoms with E-state index in [-0.39, 0.29) is 20.7 Å². The maximum absolute atomic E-state index is 13.3. The van der Waals surface area contributed by atoms with E-state index in [0.717, 1.165) is 12.1 Å². The smallest absolute Gasteiger partial charge is 0.263 e. The van der Waals surface area contributed by atoms with E-state index >= 15 is 0 Å². The van der Waals surface area contributed by atoms with Crippen molar-refractivity contribution in [2.24, 2.45) is 0 Å². The Kier molecular flexibility index (Phi) is 4.22. The summed E-state index contributed by atoms with van der Waals surface area (Å²) in [7, 11) is -3.93. The zero-order valence-corrected chi connectivity index (χ0v) is 13.1. The molecule has 0 unspecified atom stereocenters. The third kappa shape index (κ3) is 3.23. The van der Waals surface area contributed by atoms with Gasteiger partial charge in [-0.15, -0.1) is 0 Å². The van der Waals surface area contributed by atoms with Crippen LogP contribution < -0.4 is 10.5 Å². The highest BCUT2D eigenvalue weighted by Crippen LogP contribution is 2.28. The van der Waals surface area contributed by atoms with Crippen molar-refractivity contribution in [3.05, 3.63) is 51.7 Å². The zero-order chi connectivity index (χ0) is 14.9. The molecule has 0 aromatic heterocycles. The van der Waals surface area contributed by atoms with E-state index < -0.39 is 15.8 Å². The summed E-state index contributed by atoms with van der Waals surface area (Å²) in [6.45, 7) is 0. The molecule has 2 aromatic rings. The highest BCUT2D eigenvalue weighted by atomic mass is 79.9. The van der Waals surface area contributed by atoms with Gasteiger partial charge in [0.2, 0.25) is 0 Å². The van der Waals surface area contributed by atoms with Crippen LogP contribution in [0.5, 0.6) is 0 Å². The molecule has 106 valence electrons. The van der Waals surface area contributed by atoms with Gasteiger partial charge in [0.15, 0.2) is 0 Å². The number of halogens is 3. The Balaban J connectivity index is 2.43. The molecule has 0 spiro atoms. The van der Waals surface area contributed by atoms with Crippen LogP contribution in [0.1, 0.15) is 0 Å². The van der Waals surface area contributed by atoms with Crippen LogP contribution in [0.2, 0.25) is 5.02 Å². The SMILES string of the molecule is Nc1cc(F)c(Br)cc1S(=O)(=O)Nc1cccc(Cl)c1. The summed E-state index contributed by atoms with van der Waals surface area (Å²) in [5, 5.41) is 0.387. The number of sulfonamides is 1. The summed E-state index contributed by atoms with van der Waals surface area (Å²) >= 11 is 8.71. The van der Waals surface area contributed by atoms with Gasteiger partial charge in [0.05, 0.1) is 15.8 Å². The molecule has 20 heavy (non-hydrogen) atoms. The summed E-state index contributed by atoms with van der Waals surface area (Å²) in [4.78, 5) is -0.217. The lowest BCUT2D eigenvalue weighted by atomic mass is 10.3. The second kappa shape index (κ2) is 5.59. The van der Waals surface area contributed by atoms with Crippen molar-refractivity contribution in [1.82, 2.24) is 0 Å². The molecule has 0 amide bonds. The molecule has 0 fully saturated rings. The Morgan fingerprint density at radius 2 is 1.95 bits per heavy atom. The fourth-order valence-corrected chi connectivity index (χ4v) is 3.41. The van der Waals surface area contributed by atoms with E-state index in [0.29, 0.717) is 5.02 Å². The largest absolute Gasteiger partial charge is 0.398 e. The number of benzene rings is 2. The molecule has 8 heteroatoms. The van der Waals surface area contributed by atoms with Crippen LogP contribution in [-0.2, 0) is 10.0 Å². The van der Waals surface area contributed by atoms with Crippen molar-refractivity contribution in [2.45, 2.75) is 4.90 Å². The molecule has 0 aliphatic rings. The summed E-state index contributed by atoms with van der Waals surface area (Å²) in [5.74, 6) is -0.635. The van der Waals surface area contributed by atoms with E-state index in [4.69, 9.17) is 17.3 Å². The van der Waals surface area contributed by atoms with Gasteiger partial charge in [-0.2, -0.15) is 0 Å². The monoisotopic (exact) mass is 378 g/mol. The molecular formula is C12H9BrClFN2O2S. The van der Waals surface area contributed by atoms with Gasteiger partial charge >= 0.3 is 0 Å². The van der Waals surface area contributed by atoms with Crippen molar-refractivity contribution in [2.75, 3.05) is 10.5 Å². The molecule has 0 bridgehead atoms. The predicted octanol–water partition coefficient (Wildman–Crippen LogP) is 3.62. The number of anilines is 2. The maximum Gasteiger partial charge on any atom is 0.263 e. The van der Waals surface area contributed by atoms with Crippen molar-refractivity contribution < 1.29 is 12.8 Å². The van der Waals surface area contributed by atoms with Gasteiger partial charge in [-0.3, -0.25) is 4.72 Å². The average molecular weight is 380 g/mol. The van der Waals surface area contributed by atoms with Crippen LogP contribution in [0.15, 0.2) is 45.8 Å². The van der Waals surface area contributed by atoms with Crippen molar-refractivity contribution in [3.63, 3.8) is 0 Å². The fraction of sp³-hybridized carbons (Fsp3) is 0. The molecule has 2 rings (SSSR count). The van der Waals surface area contributed by atoms with Crippen molar-refractivity contribution in [1.29, 1.82) is 0 Å². The maximum atomic E-state index is 13.3.